The van der Waals surface area contributed by atoms with Crippen molar-refractivity contribution in [3.05, 3.63) is 60.2 Å². The number of aliphatic hydroxyl groups excluding tert-OH is 1. The van der Waals surface area contributed by atoms with E-state index in [9.17, 15) is 9.90 Å². The molecule has 7 heteroatoms. The van der Waals surface area contributed by atoms with E-state index in [0.717, 1.165) is 5.69 Å². The number of carbonyl (C=O) groups excluding carboxylic acids is 1. The van der Waals surface area contributed by atoms with E-state index in [4.69, 9.17) is 4.42 Å². The van der Waals surface area contributed by atoms with Crippen LogP contribution in [0.25, 0.3) is 11.5 Å². The first kappa shape index (κ1) is 15.9. The van der Waals surface area contributed by atoms with Crippen LogP contribution in [0.5, 0.6) is 0 Å². The predicted molar refractivity (Wildman–Crippen MR) is 87.1 cm³/mol. The Bertz CT molecular complexity index is 768. The minimum Gasteiger partial charge on any atom is -0.463 e. The molecule has 0 saturated heterocycles. The highest BCUT2D eigenvalue weighted by molar-refractivity contribution is 5.93. The van der Waals surface area contributed by atoms with Crippen LogP contribution in [-0.2, 0) is 6.42 Å². The molecular weight excluding hydrogens is 308 g/mol. The Morgan fingerprint density at radius 1 is 1.33 bits per heavy atom. The van der Waals surface area contributed by atoms with E-state index in [0.29, 0.717) is 24.4 Å². The van der Waals surface area contributed by atoms with Crippen LogP contribution in [-0.4, -0.2) is 39.3 Å². The topological polar surface area (TPSA) is 104 Å². The summed E-state index contributed by atoms with van der Waals surface area (Å²) in [7, 11) is 0. The smallest absolute Gasteiger partial charge is 0.271 e. The Labute approximate surface area is 138 Å². The third kappa shape index (κ3) is 3.88. The molecule has 0 aliphatic carbocycles. The van der Waals surface area contributed by atoms with Gasteiger partial charge in [-0.2, -0.15) is 5.10 Å². The first-order chi connectivity index (χ1) is 11.8. The molecule has 3 heterocycles. The zero-order valence-electron chi connectivity index (χ0n) is 13.0. The molecule has 0 aliphatic rings. The van der Waals surface area contributed by atoms with Crippen molar-refractivity contribution in [1.29, 1.82) is 0 Å². The summed E-state index contributed by atoms with van der Waals surface area (Å²) in [5.74, 6) is 0.209. The lowest BCUT2D eigenvalue weighted by molar-refractivity contribution is 0.0935. The van der Waals surface area contributed by atoms with Gasteiger partial charge in [0.2, 0.25) is 0 Å². The summed E-state index contributed by atoms with van der Waals surface area (Å²) >= 11 is 0. The summed E-state index contributed by atoms with van der Waals surface area (Å²) in [4.78, 5) is 16.4. The first-order valence-electron chi connectivity index (χ1n) is 7.64. The van der Waals surface area contributed by atoms with Gasteiger partial charge in [-0.15, -0.1) is 0 Å². The van der Waals surface area contributed by atoms with Gasteiger partial charge in [0.25, 0.3) is 5.91 Å². The van der Waals surface area contributed by atoms with Crippen molar-refractivity contribution >= 4 is 5.91 Å². The van der Waals surface area contributed by atoms with Gasteiger partial charge in [-0.05, 0) is 30.7 Å². The predicted octanol–water partition coefficient (Wildman–Crippen LogP) is 1.65. The van der Waals surface area contributed by atoms with Gasteiger partial charge in [-0.1, -0.05) is 6.07 Å². The van der Waals surface area contributed by atoms with E-state index < -0.39 is 0 Å². The van der Waals surface area contributed by atoms with E-state index in [2.05, 4.69) is 20.5 Å². The summed E-state index contributed by atoms with van der Waals surface area (Å²) in [6.07, 6.45) is 3.86. The average Bonchev–Trinajstić information content (AvgIpc) is 3.30. The molecule has 0 saturated carbocycles. The number of carbonyl (C=O) groups is 1. The molecule has 1 unspecified atom stereocenters. The number of amides is 1. The fourth-order valence-corrected chi connectivity index (χ4v) is 2.34. The van der Waals surface area contributed by atoms with Gasteiger partial charge < -0.3 is 14.8 Å². The van der Waals surface area contributed by atoms with Gasteiger partial charge >= 0.3 is 0 Å². The van der Waals surface area contributed by atoms with E-state index in [-0.39, 0.29) is 24.1 Å². The molecule has 124 valence electrons. The van der Waals surface area contributed by atoms with Gasteiger partial charge in [0.15, 0.2) is 11.5 Å². The number of H-pyrrole nitrogens is 1. The Morgan fingerprint density at radius 3 is 2.96 bits per heavy atom. The maximum atomic E-state index is 12.2. The number of nitrogens with zero attached hydrogens (tertiary/aromatic N) is 2. The monoisotopic (exact) mass is 326 g/mol. The van der Waals surface area contributed by atoms with Crippen LogP contribution in [0.1, 0.15) is 16.2 Å². The summed E-state index contributed by atoms with van der Waals surface area (Å²) in [5, 5.41) is 19.0. The molecule has 0 fully saturated rings. The van der Waals surface area contributed by atoms with Gasteiger partial charge in [0.05, 0.1) is 6.26 Å². The molecule has 0 bridgehead atoms. The quantitative estimate of drug-likeness (QED) is 0.612. The third-order valence-corrected chi connectivity index (χ3v) is 3.63. The van der Waals surface area contributed by atoms with Gasteiger partial charge in [-0.25, -0.2) is 0 Å². The molecular formula is C17H18N4O3. The summed E-state index contributed by atoms with van der Waals surface area (Å²) in [6.45, 7) is 0.309. The highest BCUT2D eigenvalue weighted by Crippen LogP contribution is 2.17. The maximum Gasteiger partial charge on any atom is 0.271 e. The molecule has 0 aromatic carbocycles. The second kappa shape index (κ2) is 7.56. The van der Waals surface area contributed by atoms with Crippen molar-refractivity contribution in [3.8, 4) is 11.5 Å². The lowest BCUT2D eigenvalue weighted by atomic mass is 10.0. The number of aliphatic hydroxyl groups is 1. The van der Waals surface area contributed by atoms with Crippen molar-refractivity contribution < 1.29 is 14.3 Å². The minimum atomic E-state index is -0.302. The maximum absolute atomic E-state index is 12.2. The van der Waals surface area contributed by atoms with Crippen molar-refractivity contribution in [2.45, 2.75) is 6.42 Å². The molecule has 24 heavy (non-hydrogen) atoms. The third-order valence-electron chi connectivity index (χ3n) is 3.63. The van der Waals surface area contributed by atoms with Crippen LogP contribution in [0, 0.1) is 5.92 Å². The molecule has 0 radical (unpaired) electrons. The molecule has 0 spiro atoms. The van der Waals surface area contributed by atoms with Crippen LogP contribution >= 0.6 is 0 Å². The van der Waals surface area contributed by atoms with Gasteiger partial charge in [-0.3, -0.25) is 14.9 Å². The Balaban J connectivity index is 1.56. The Morgan fingerprint density at radius 2 is 2.25 bits per heavy atom. The van der Waals surface area contributed by atoms with Crippen molar-refractivity contribution in [2.75, 3.05) is 13.2 Å². The van der Waals surface area contributed by atoms with Crippen LogP contribution in [0.4, 0.5) is 0 Å². The van der Waals surface area contributed by atoms with E-state index in [1.165, 1.54) is 0 Å². The Hall–Kier alpha value is -2.93. The highest BCUT2D eigenvalue weighted by atomic mass is 16.3. The number of rotatable bonds is 7. The molecule has 3 aromatic rings. The molecule has 1 atom stereocenters. The number of aromatic nitrogens is 3. The highest BCUT2D eigenvalue weighted by Gasteiger charge is 2.15. The van der Waals surface area contributed by atoms with E-state index in [1.807, 2.05) is 18.2 Å². The number of pyridine rings is 1. The van der Waals surface area contributed by atoms with Crippen molar-refractivity contribution in [3.63, 3.8) is 0 Å². The Kier molecular flexibility index (Phi) is 5.02. The number of hydrogen-bond acceptors (Lipinski definition) is 5. The number of hydrogen-bond donors (Lipinski definition) is 3. The second-order valence-electron chi connectivity index (χ2n) is 5.43. The summed E-state index contributed by atoms with van der Waals surface area (Å²) in [5.41, 5.74) is 1.79. The largest absolute Gasteiger partial charge is 0.463 e. The fraction of sp³-hybridized carbons (Fsp3) is 0.235. The van der Waals surface area contributed by atoms with Crippen molar-refractivity contribution in [2.24, 2.45) is 5.92 Å². The first-order valence-corrected chi connectivity index (χ1v) is 7.64. The van der Waals surface area contributed by atoms with Crippen LogP contribution in [0.2, 0.25) is 0 Å². The molecule has 0 aliphatic heterocycles. The summed E-state index contributed by atoms with van der Waals surface area (Å²) in [6, 6.07) is 10.8. The van der Waals surface area contributed by atoms with E-state index >= 15 is 0 Å². The fourth-order valence-electron chi connectivity index (χ4n) is 2.34. The molecule has 3 rings (SSSR count). The lowest BCUT2D eigenvalue weighted by Gasteiger charge is -2.14. The van der Waals surface area contributed by atoms with Gasteiger partial charge in [0, 0.05) is 37.0 Å². The SMILES string of the molecule is O=C(NCC(CO)Cc1ccccn1)c1cc(-c2ccco2)[nH]n1. The molecule has 3 aromatic heterocycles. The standard InChI is InChI=1S/C17H18N4O3/c22-11-12(8-13-4-1-2-6-18-13)10-19-17(23)15-9-14(20-21-15)16-5-3-7-24-16/h1-7,9,12,22H,8,10-11H2,(H,19,23)(H,20,21). The van der Waals surface area contributed by atoms with Crippen LogP contribution in [0.3, 0.4) is 0 Å². The minimum absolute atomic E-state index is 0.0327. The van der Waals surface area contributed by atoms with Crippen molar-refractivity contribution in [1.82, 2.24) is 20.5 Å². The number of aromatic amines is 1. The zero-order chi connectivity index (χ0) is 16.8. The van der Waals surface area contributed by atoms with Crippen LogP contribution < -0.4 is 5.32 Å². The van der Waals surface area contributed by atoms with E-state index in [1.54, 1.807) is 30.7 Å². The molecule has 7 nitrogen and oxygen atoms in total. The zero-order valence-corrected chi connectivity index (χ0v) is 13.0. The van der Waals surface area contributed by atoms with Crippen LogP contribution in [0.15, 0.2) is 53.3 Å². The number of furan rings is 1. The second-order valence-corrected chi connectivity index (χ2v) is 5.43. The molecule has 1 amide bonds. The molecule has 3 N–H and O–H groups in total. The number of nitrogens with one attached hydrogen (secondary N) is 2. The average molecular weight is 326 g/mol. The normalized spacial score (nSPS) is 12.0. The lowest BCUT2D eigenvalue weighted by Crippen LogP contribution is -2.32. The summed E-state index contributed by atoms with van der Waals surface area (Å²) < 4.78 is 5.25. The van der Waals surface area contributed by atoms with Gasteiger partial charge in [0.1, 0.15) is 5.69 Å².